The Morgan fingerprint density at radius 2 is 2.04 bits per heavy atom. The van der Waals surface area contributed by atoms with E-state index in [2.05, 4.69) is 18.7 Å². The van der Waals surface area contributed by atoms with Crippen molar-refractivity contribution in [3.8, 4) is 0 Å². The summed E-state index contributed by atoms with van der Waals surface area (Å²) in [6, 6.07) is 7.06. The van der Waals surface area contributed by atoms with E-state index < -0.39 is 0 Å². The molecule has 0 aromatic heterocycles. The highest BCUT2D eigenvalue weighted by Gasteiger charge is 2.42. The van der Waals surface area contributed by atoms with Crippen molar-refractivity contribution in [2.75, 3.05) is 24.5 Å². The van der Waals surface area contributed by atoms with Crippen molar-refractivity contribution in [3.63, 3.8) is 0 Å². The molecule has 148 valence electrons. The smallest absolute Gasteiger partial charge is 0.309 e. The molecule has 6 nitrogen and oxygen atoms in total. The molecule has 7 heteroatoms. The molecule has 1 amide bonds. The molecule has 0 spiro atoms. The lowest BCUT2D eigenvalue weighted by Crippen LogP contribution is -2.64. The number of carbonyl (C=O) groups excluding carboxylic acids is 2. The SMILES string of the molecule is CC[C@@H]1C[C@@H]([C@@H](N)CN2CC(=O)N(c3ccccc3Cl)CC2(C)C)OC1=O. The Balaban J connectivity index is 1.69. The van der Waals surface area contributed by atoms with Gasteiger partial charge in [-0.3, -0.25) is 14.5 Å². The molecule has 0 unspecified atom stereocenters. The van der Waals surface area contributed by atoms with E-state index in [0.29, 0.717) is 24.5 Å². The fourth-order valence-corrected chi connectivity index (χ4v) is 4.12. The summed E-state index contributed by atoms with van der Waals surface area (Å²) in [5.41, 5.74) is 6.81. The molecule has 0 bridgehead atoms. The standard InChI is InChI=1S/C20H28ClN3O3/c1-4-13-9-17(27-19(13)26)15(22)10-23-11-18(25)24(12-20(23,2)3)16-8-6-5-7-14(16)21/h5-8,13,15,17H,4,9-12,22H2,1-3H3/t13-,15+,17+/m1/s1. The van der Waals surface area contributed by atoms with E-state index in [-0.39, 0.29) is 42.0 Å². The van der Waals surface area contributed by atoms with Gasteiger partial charge in [0.2, 0.25) is 5.91 Å². The van der Waals surface area contributed by atoms with Gasteiger partial charge < -0.3 is 15.4 Å². The van der Waals surface area contributed by atoms with Crippen molar-refractivity contribution in [1.29, 1.82) is 0 Å². The summed E-state index contributed by atoms with van der Waals surface area (Å²) in [5.74, 6) is -0.228. The zero-order valence-corrected chi connectivity index (χ0v) is 16.9. The lowest BCUT2D eigenvalue weighted by atomic mass is 9.94. The molecule has 2 saturated heterocycles. The number of piperazine rings is 1. The maximum absolute atomic E-state index is 12.8. The molecule has 2 aliphatic heterocycles. The first-order chi connectivity index (χ1) is 12.7. The summed E-state index contributed by atoms with van der Waals surface area (Å²) < 4.78 is 5.47. The summed E-state index contributed by atoms with van der Waals surface area (Å²) in [5, 5.41) is 0.565. The topological polar surface area (TPSA) is 75.9 Å². The molecular weight excluding hydrogens is 366 g/mol. The Morgan fingerprint density at radius 3 is 2.67 bits per heavy atom. The van der Waals surface area contributed by atoms with Gasteiger partial charge >= 0.3 is 5.97 Å². The molecule has 27 heavy (non-hydrogen) atoms. The maximum Gasteiger partial charge on any atom is 0.309 e. The molecule has 3 atom stereocenters. The lowest BCUT2D eigenvalue weighted by molar-refractivity contribution is -0.145. The van der Waals surface area contributed by atoms with Gasteiger partial charge in [-0.1, -0.05) is 30.7 Å². The van der Waals surface area contributed by atoms with E-state index in [1.807, 2.05) is 25.1 Å². The maximum atomic E-state index is 12.8. The summed E-state index contributed by atoms with van der Waals surface area (Å²) in [4.78, 5) is 28.5. The number of hydrogen-bond acceptors (Lipinski definition) is 5. The Labute approximate surface area is 165 Å². The number of halogens is 1. The average molecular weight is 394 g/mol. The molecule has 2 N–H and O–H groups in total. The Bertz CT molecular complexity index is 724. The van der Waals surface area contributed by atoms with Crippen LogP contribution < -0.4 is 10.6 Å². The van der Waals surface area contributed by atoms with Gasteiger partial charge in [-0.05, 0) is 38.8 Å². The van der Waals surface area contributed by atoms with Crippen LogP contribution >= 0.6 is 11.6 Å². The average Bonchev–Trinajstić information content (AvgIpc) is 2.99. The van der Waals surface area contributed by atoms with Gasteiger partial charge in [-0.15, -0.1) is 0 Å². The molecule has 0 radical (unpaired) electrons. The first-order valence-corrected chi connectivity index (χ1v) is 9.86. The number of esters is 1. The van der Waals surface area contributed by atoms with E-state index in [4.69, 9.17) is 22.1 Å². The largest absolute Gasteiger partial charge is 0.460 e. The Kier molecular flexibility index (Phi) is 5.79. The third-order valence-electron chi connectivity index (χ3n) is 5.69. The number of ether oxygens (including phenoxy) is 1. The van der Waals surface area contributed by atoms with Gasteiger partial charge in [0.25, 0.3) is 0 Å². The van der Waals surface area contributed by atoms with Crippen molar-refractivity contribution in [2.24, 2.45) is 11.7 Å². The minimum absolute atomic E-state index is 0.00974. The summed E-state index contributed by atoms with van der Waals surface area (Å²) in [6.45, 7) is 7.43. The summed E-state index contributed by atoms with van der Waals surface area (Å²) in [6.07, 6.45) is 1.14. The predicted octanol–water partition coefficient (Wildman–Crippen LogP) is 2.44. The van der Waals surface area contributed by atoms with Gasteiger partial charge in [0, 0.05) is 18.6 Å². The first-order valence-electron chi connectivity index (χ1n) is 9.49. The second-order valence-electron chi connectivity index (χ2n) is 8.10. The molecule has 2 aliphatic rings. The van der Waals surface area contributed by atoms with Crippen molar-refractivity contribution in [2.45, 2.75) is 51.3 Å². The van der Waals surface area contributed by atoms with Crippen LogP contribution in [0.2, 0.25) is 5.02 Å². The highest BCUT2D eigenvalue weighted by Crippen LogP contribution is 2.32. The number of para-hydroxylation sites is 1. The van der Waals surface area contributed by atoms with Gasteiger partial charge in [0.1, 0.15) is 6.10 Å². The van der Waals surface area contributed by atoms with Crippen molar-refractivity contribution in [1.82, 2.24) is 4.90 Å². The molecule has 3 rings (SSSR count). The summed E-state index contributed by atoms with van der Waals surface area (Å²) in [7, 11) is 0. The zero-order chi connectivity index (χ0) is 19.8. The molecular formula is C20H28ClN3O3. The number of carbonyl (C=O) groups is 2. The Morgan fingerprint density at radius 1 is 1.33 bits per heavy atom. The van der Waals surface area contributed by atoms with Gasteiger partial charge in [-0.25, -0.2) is 0 Å². The second kappa shape index (κ2) is 7.78. The molecule has 2 fully saturated rings. The predicted molar refractivity (Wildman–Crippen MR) is 106 cm³/mol. The van der Waals surface area contributed by atoms with E-state index in [9.17, 15) is 9.59 Å². The molecule has 2 heterocycles. The van der Waals surface area contributed by atoms with Crippen molar-refractivity contribution >= 4 is 29.2 Å². The van der Waals surface area contributed by atoms with Crippen LogP contribution in [0.15, 0.2) is 24.3 Å². The fourth-order valence-electron chi connectivity index (χ4n) is 3.88. The third kappa shape index (κ3) is 4.13. The van der Waals surface area contributed by atoms with E-state index in [1.165, 1.54) is 0 Å². The highest BCUT2D eigenvalue weighted by molar-refractivity contribution is 6.33. The number of amides is 1. The number of anilines is 1. The molecule has 1 aromatic carbocycles. The van der Waals surface area contributed by atoms with E-state index in [1.54, 1.807) is 11.0 Å². The third-order valence-corrected chi connectivity index (χ3v) is 6.01. The zero-order valence-electron chi connectivity index (χ0n) is 16.2. The van der Waals surface area contributed by atoms with Crippen LogP contribution in [0.4, 0.5) is 5.69 Å². The van der Waals surface area contributed by atoms with Gasteiger partial charge in [0.15, 0.2) is 0 Å². The van der Waals surface area contributed by atoms with Crippen molar-refractivity contribution < 1.29 is 14.3 Å². The lowest BCUT2D eigenvalue weighted by Gasteiger charge is -2.47. The van der Waals surface area contributed by atoms with Crippen LogP contribution in [0.1, 0.15) is 33.6 Å². The van der Waals surface area contributed by atoms with Crippen LogP contribution in [-0.2, 0) is 14.3 Å². The number of rotatable bonds is 5. The van der Waals surface area contributed by atoms with E-state index >= 15 is 0 Å². The van der Waals surface area contributed by atoms with Crippen LogP contribution in [0, 0.1) is 5.92 Å². The number of cyclic esters (lactones) is 1. The monoisotopic (exact) mass is 393 g/mol. The molecule has 0 saturated carbocycles. The van der Waals surface area contributed by atoms with E-state index in [0.717, 1.165) is 12.1 Å². The number of nitrogens with two attached hydrogens (primary N) is 1. The minimum atomic E-state index is -0.315. The fraction of sp³-hybridized carbons (Fsp3) is 0.600. The molecule has 1 aromatic rings. The molecule has 0 aliphatic carbocycles. The normalized spacial score (nSPS) is 26.9. The van der Waals surface area contributed by atoms with Gasteiger partial charge in [-0.2, -0.15) is 0 Å². The highest BCUT2D eigenvalue weighted by atomic mass is 35.5. The van der Waals surface area contributed by atoms with Crippen LogP contribution in [0.3, 0.4) is 0 Å². The van der Waals surface area contributed by atoms with Gasteiger partial charge in [0.05, 0.1) is 29.2 Å². The number of hydrogen-bond donors (Lipinski definition) is 1. The quantitative estimate of drug-likeness (QED) is 0.777. The minimum Gasteiger partial charge on any atom is -0.460 e. The number of benzene rings is 1. The second-order valence-corrected chi connectivity index (χ2v) is 8.51. The van der Waals surface area contributed by atoms with Crippen LogP contribution in [0.25, 0.3) is 0 Å². The Hall–Kier alpha value is -1.63. The van der Waals surface area contributed by atoms with Crippen molar-refractivity contribution in [3.05, 3.63) is 29.3 Å². The first kappa shape index (κ1) is 20.1. The van der Waals surface area contributed by atoms with Crippen LogP contribution in [-0.4, -0.2) is 54.1 Å². The van der Waals surface area contributed by atoms with Crippen LogP contribution in [0.5, 0.6) is 0 Å². The number of nitrogens with zero attached hydrogens (tertiary/aromatic N) is 2. The summed E-state index contributed by atoms with van der Waals surface area (Å²) >= 11 is 6.29.